The van der Waals surface area contributed by atoms with Crippen LogP contribution in [-0.2, 0) is 6.18 Å². The van der Waals surface area contributed by atoms with Crippen LogP contribution in [0.5, 0.6) is 0 Å². The molecule has 0 fully saturated rings. The van der Waals surface area contributed by atoms with E-state index in [1.165, 1.54) is 0 Å². The zero-order valence-electron chi connectivity index (χ0n) is 53.4. The van der Waals surface area contributed by atoms with Crippen molar-refractivity contribution in [3.8, 4) is 56.6 Å². The van der Waals surface area contributed by atoms with Gasteiger partial charge in [0.05, 0.1) is 89.0 Å². The molecule has 0 bridgehead atoms. The molecule has 0 unspecified atom stereocenters. The molecule has 100 heavy (non-hydrogen) atoms. The van der Waals surface area contributed by atoms with Crippen molar-refractivity contribution in [3.05, 3.63) is 333 Å². The van der Waals surface area contributed by atoms with Crippen LogP contribution < -0.4 is 0 Å². The van der Waals surface area contributed by atoms with Crippen molar-refractivity contribution < 1.29 is 13.2 Å². The van der Waals surface area contributed by atoms with Gasteiger partial charge in [0, 0.05) is 98.5 Å². The number of hydrogen-bond donors (Lipinski definition) is 0. The minimum absolute atomic E-state index is 0.0576. The number of alkyl halides is 3. The SMILES string of the molecule is FC(F)(F)c1c(-n2c3cc(-n4c5ccccc5c5ccccc54)ccc3c3ccc(-n4c5ccccc5c5ccccc54)cc32)cc(-c2cccc(-c3ccccc3)n2)cc1-n1c2cc(-n3c4ccccc4c4ccccc43)ccc2c2ccc(-n3c4ccccc4c4ccccc43)cc21. The van der Waals surface area contributed by atoms with E-state index < -0.39 is 11.7 Å². The molecule has 0 N–H and O–H groups in total. The fourth-order valence-electron chi connectivity index (χ4n) is 16.6. The molecular formula is C90H54F3N7. The first-order valence-corrected chi connectivity index (χ1v) is 33.7. The van der Waals surface area contributed by atoms with Crippen molar-refractivity contribution >= 4 is 131 Å². The number of fused-ring (bicyclic) bond motifs is 18. The quantitative estimate of drug-likeness (QED) is 0.149. The van der Waals surface area contributed by atoms with Crippen molar-refractivity contribution in [1.29, 1.82) is 0 Å². The van der Waals surface area contributed by atoms with Gasteiger partial charge in [-0.05, 0) is 121 Å². The Morgan fingerprint density at radius 2 is 0.440 bits per heavy atom. The average Bonchev–Trinajstić information content (AvgIpc) is 1.48. The van der Waals surface area contributed by atoms with Crippen LogP contribution >= 0.6 is 0 Å². The van der Waals surface area contributed by atoms with Crippen LogP contribution in [0.2, 0.25) is 0 Å². The molecule has 0 aliphatic carbocycles. The number of para-hydroxylation sites is 8. The third-order valence-electron chi connectivity index (χ3n) is 20.8. The molecule has 21 rings (SSSR count). The standard InChI is InChI=1S/C90H54F3N7/c91-90(92,93)89-87(99-83-51-57(95-75-33-12-4-23-61(75)62-24-5-13-34-76(62)95)41-45-69(83)70-46-42-58(52-84(70)99)96-77-35-14-6-25-63(77)64-26-7-15-36-78(64)96)49-56(74-32-20-31-73(94-74)55-21-2-1-3-22-55)50-88(89)100-85-53-59(97-79-37-16-8-27-65(79)66-28-9-17-38-80(66)97)43-47-71(85)72-48-44-60(54-86(72)100)98-81-39-18-10-29-67(81)68-30-11-19-40-82(68)98/h1-54H. The van der Waals surface area contributed by atoms with Crippen LogP contribution in [0.4, 0.5) is 13.2 Å². The monoisotopic (exact) mass is 1290 g/mol. The Morgan fingerprint density at radius 3 is 0.710 bits per heavy atom. The highest BCUT2D eigenvalue weighted by Gasteiger charge is 2.40. The zero-order valence-corrected chi connectivity index (χ0v) is 53.4. The second kappa shape index (κ2) is 21.2. The molecule has 0 atom stereocenters. The Labute approximate surface area is 569 Å². The molecule has 0 saturated heterocycles. The van der Waals surface area contributed by atoms with Crippen LogP contribution in [0.15, 0.2) is 328 Å². The minimum atomic E-state index is -5.00. The molecule has 0 saturated carbocycles. The maximum Gasteiger partial charge on any atom is 0.420 e. The van der Waals surface area contributed by atoms with E-state index in [-0.39, 0.29) is 11.4 Å². The van der Waals surface area contributed by atoms with Crippen LogP contribution in [0.1, 0.15) is 5.56 Å². The number of rotatable bonds is 8. The Kier molecular flexibility index (Phi) is 11.9. The maximum absolute atomic E-state index is 18.5. The highest BCUT2D eigenvalue weighted by molar-refractivity contribution is 6.17. The summed E-state index contributed by atoms with van der Waals surface area (Å²) >= 11 is 0. The third-order valence-corrected chi connectivity index (χ3v) is 20.8. The number of halogens is 3. The minimum Gasteiger partial charge on any atom is -0.309 e. The summed E-state index contributed by atoms with van der Waals surface area (Å²) in [7, 11) is 0. The summed E-state index contributed by atoms with van der Waals surface area (Å²) in [5.41, 5.74) is 15.1. The predicted molar refractivity (Wildman–Crippen MR) is 406 cm³/mol. The largest absolute Gasteiger partial charge is 0.420 e. The van der Waals surface area contributed by atoms with Gasteiger partial charge >= 0.3 is 6.18 Å². The lowest BCUT2D eigenvalue weighted by molar-refractivity contribution is -0.137. The normalized spacial score (nSPS) is 12.3. The topological polar surface area (TPSA) is 42.5 Å². The number of pyridine rings is 1. The fraction of sp³-hybridized carbons (Fsp3) is 0.0111. The Balaban J connectivity index is 0.934. The van der Waals surface area contributed by atoms with Crippen LogP contribution in [0.25, 0.3) is 187 Å². The van der Waals surface area contributed by atoms with Gasteiger partial charge in [-0.1, -0.05) is 206 Å². The van der Waals surface area contributed by atoms with E-state index in [1.807, 2.05) is 106 Å². The number of hydrogen-bond acceptors (Lipinski definition) is 1. The second-order valence-corrected chi connectivity index (χ2v) is 26.1. The molecule has 7 aromatic heterocycles. The summed E-state index contributed by atoms with van der Waals surface area (Å²) < 4.78 is 68.1. The van der Waals surface area contributed by atoms with Crippen molar-refractivity contribution in [3.63, 3.8) is 0 Å². The van der Waals surface area contributed by atoms with E-state index in [1.54, 1.807) is 12.1 Å². The summed E-state index contributed by atoms with van der Waals surface area (Å²) in [4.78, 5) is 5.41. The lowest BCUT2D eigenvalue weighted by Crippen LogP contribution is -2.16. The molecule has 0 aliphatic heterocycles. The molecule has 0 amide bonds. The highest BCUT2D eigenvalue weighted by atomic mass is 19.4. The van der Waals surface area contributed by atoms with Gasteiger partial charge in [-0.25, -0.2) is 4.98 Å². The van der Waals surface area contributed by atoms with E-state index in [0.717, 1.165) is 137 Å². The molecule has 14 aromatic carbocycles. The summed E-state index contributed by atoms with van der Waals surface area (Å²) in [6, 6.07) is 111. The molecule has 21 aromatic rings. The third kappa shape index (κ3) is 8.13. The predicted octanol–water partition coefficient (Wildman–Crippen LogP) is 24.0. The number of aromatic nitrogens is 7. The van der Waals surface area contributed by atoms with Crippen molar-refractivity contribution in [2.45, 2.75) is 6.18 Å². The average molecular weight is 1290 g/mol. The van der Waals surface area contributed by atoms with Gasteiger partial charge in [0.2, 0.25) is 0 Å². The molecular weight excluding hydrogens is 1240 g/mol. The Morgan fingerprint density at radius 1 is 0.200 bits per heavy atom. The van der Waals surface area contributed by atoms with Gasteiger partial charge in [0.1, 0.15) is 5.56 Å². The van der Waals surface area contributed by atoms with Gasteiger partial charge in [-0.2, -0.15) is 13.2 Å². The molecule has 10 heteroatoms. The fourth-order valence-corrected chi connectivity index (χ4v) is 16.6. The van der Waals surface area contributed by atoms with E-state index in [9.17, 15) is 0 Å². The summed E-state index contributed by atoms with van der Waals surface area (Å²) in [6.07, 6.45) is -5.00. The van der Waals surface area contributed by atoms with Gasteiger partial charge in [0.25, 0.3) is 0 Å². The summed E-state index contributed by atoms with van der Waals surface area (Å²) in [5, 5.41) is 11.8. The Bertz CT molecular complexity index is 6110. The highest BCUT2D eigenvalue weighted by Crippen LogP contribution is 2.49. The Hall–Kier alpha value is -13.2. The molecule has 470 valence electrons. The van der Waals surface area contributed by atoms with Gasteiger partial charge in [-0.3, -0.25) is 0 Å². The van der Waals surface area contributed by atoms with Crippen LogP contribution in [0, 0.1) is 0 Å². The van der Waals surface area contributed by atoms with Gasteiger partial charge < -0.3 is 27.4 Å². The summed E-state index contributed by atoms with van der Waals surface area (Å²) in [6.45, 7) is 0. The van der Waals surface area contributed by atoms with Crippen LogP contribution in [-0.4, -0.2) is 32.4 Å². The van der Waals surface area contributed by atoms with E-state index in [2.05, 4.69) is 237 Å². The first-order chi connectivity index (χ1) is 49.3. The zero-order chi connectivity index (χ0) is 66.1. The van der Waals surface area contributed by atoms with Gasteiger partial charge in [0.15, 0.2) is 0 Å². The van der Waals surface area contributed by atoms with E-state index >= 15 is 13.2 Å². The second-order valence-electron chi connectivity index (χ2n) is 26.1. The first kappa shape index (κ1) is 56.0. The molecule has 7 nitrogen and oxygen atoms in total. The van der Waals surface area contributed by atoms with Crippen molar-refractivity contribution in [1.82, 2.24) is 32.4 Å². The molecule has 0 aliphatic rings. The number of nitrogens with zero attached hydrogens (tertiary/aromatic N) is 7. The van der Waals surface area contributed by atoms with Crippen molar-refractivity contribution in [2.75, 3.05) is 0 Å². The molecule has 0 spiro atoms. The van der Waals surface area contributed by atoms with Crippen molar-refractivity contribution in [2.24, 2.45) is 0 Å². The van der Waals surface area contributed by atoms with Crippen LogP contribution in [0.3, 0.4) is 0 Å². The van der Waals surface area contributed by atoms with E-state index in [0.29, 0.717) is 39.0 Å². The number of benzene rings is 14. The van der Waals surface area contributed by atoms with E-state index in [4.69, 9.17) is 4.98 Å². The lowest BCUT2D eigenvalue weighted by atomic mass is 10.0. The lowest BCUT2D eigenvalue weighted by Gasteiger charge is -2.23. The maximum atomic E-state index is 18.5. The summed E-state index contributed by atoms with van der Waals surface area (Å²) in [5.74, 6) is 0. The molecule has 7 heterocycles. The first-order valence-electron chi connectivity index (χ1n) is 33.7. The van der Waals surface area contributed by atoms with Gasteiger partial charge in [-0.15, -0.1) is 0 Å². The molecule has 0 radical (unpaired) electrons. The smallest absolute Gasteiger partial charge is 0.309 e.